The Morgan fingerprint density at radius 3 is 2.31 bits per heavy atom. The fourth-order valence-electron chi connectivity index (χ4n) is 3.27. The number of ether oxygens (including phenoxy) is 2. The molecule has 0 spiro atoms. The molecule has 35 heavy (non-hydrogen) atoms. The highest BCUT2D eigenvalue weighted by Gasteiger charge is 2.40. The molecule has 0 saturated carbocycles. The minimum atomic E-state index is -5.01. The summed E-state index contributed by atoms with van der Waals surface area (Å²) in [6, 6.07) is 15.0. The van der Waals surface area contributed by atoms with Gasteiger partial charge in [0.15, 0.2) is 0 Å². The quantitative estimate of drug-likeness (QED) is 0.125. The summed E-state index contributed by atoms with van der Waals surface area (Å²) in [6.45, 7) is 1.76. The number of carbonyl (C=O) groups is 1. The van der Waals surface area contributed by atoms with Gasteiger partial charge in [-0.15, -0.1) is 0 Å². The maximum absolute atomic E-state index is 13.8. The van der Waals surface area contributed by atoms with E-state index in [0.29, 0.717) is 12.0 Å². The second-order valence-electron chi connectivity index (χ2n) is 7.35. The van der Waals surface area contributed by atoms with Crippen LogP contribution in [0.15, 0.2) is 74.3 Å². The lowest BCUT2D eigenvalue weighted by Gasteiger charge is -2.15. The highest BCUT2D eigenvalue weighted by Crippen LogP contribution is 2.39. The molecule has 4 rings (SSSR count). The van der Waals surface area contributed by atoms with Crippen LogP contribution in [-0.4, -0.2) is 5.97 Å². The molecule has 5 nitrogen and oxygen atoms in total. The Hall–Kier alpha value is -2.86. The molecular formula is C25H15BrF3IO5. The Kier molecular flexibility index (Phi) is 7.22. The van der Waals surface area contributed by atoms with Gasteiger partial charge in [-0.25, -0.2) is 4.79 Å². The molecule has 0 aliphatic heterocycles. The van der Waals surface area contributed by atoms with Gasteiger partial charge < -0.3 is 13.9 Å². The van der Waals surface area contributed by atoms with Crippen LogP contribution in [0, 0.1) is 3.57 Å². The summed E-state index contributed by atoms with van der Waals surface area (Å²) >= 11 is 5.31. The van der Waals surface area contributed by atoms with Crippen LogP contribution in [0.5, 0.6) is 17.2 Å². The number of hydrogen-bond acceptors (Lipinski definition) is 5. The van der Waals surface area contributed by atoms with Crippen molar-refractivity contribution >= 4 is 55.5 Å². The molecule has 0 N–H and O–H groups in total. The number of fused-ring (bicyclic) bond motifs is 1. The number of halogens is 5. The minimum absolute atomic E-state index is 0.00417. The van der Waals surface area contributed by atoms with Crippen molar-refractivity contribution in [2.24, 2.45) is 0 Å². The molecule has 180 valence electrons. The third kappa shape index (κ3) is 5.53. The smallest absolute Gasteiger partial charge is 0.449 e. The van der Waals surface area contributed by atoms with Gasteiger partial charge in [0.05, 0.1) is 10.9 Å². The van der Waals surface area contributed by atoms with E-state index in [1.165, 1.54) is 30.3 Å². The lowest BCUT2D eigenvalue weighted by atomic mass is 10.1. The molecule has 0 aliphatic carbocycles. The van der Waals surface area contributed by atoms with E-state index in [2.05, 4.69) is 15.9 Å². The normalized spacial score (nSPS) is 11.5. The van der Waals surface area contributed by atoms with Crippen molar-refractivity contribution in [3.8, 4) is 17.2 Å². The van der Waals surface area contributed by atoms with Gasteiger partial charge in [-0.1, -0.05) is 22.9 Å². The second kappa shape index (κ2) is 10.0. The zero-order valence-electron chi connectivity index (χ0n) is 17.9. The molecule has 1 aromatic heterocycles. The van der Waals surface area contributed by atoms with Gasteiger partial charge in [0, 0.05) is 14.1 Å². The maximum atomic E-state index is 13.8. The maximum Gasteiger partial charge on any atom is 0.453 e. The van der Waals surface area contributed by atoms with E-state index in [1.807, 2.05) is 22.6 Å². The van der Waals surface area contributed by atoms with Crippen molar-refractivity contribution in [3.05, 3.63) is 95.8 Å². The fraction of sp³-hybridized carbons (Fsp3) is 0.120. The van der Waals surface area contributed by atoms with Crippen molar-refractivity contribution in [3.63, 3.8) is 0 Å². The van der Waals surface area contributed by atoms with Gasteiger partial charge >= 0.3 is 12.1 Å². The van der Waals surface area contributed by atoms with Gasteiger partial charge in [0.25, 0.3) is 5.76 Å². The Bertz CT molecular complexity index is 1460. The van der Waals surface area contributed by atoms with Crippen molar-refractivity contribution in [1.29, 1.82) is 0 Å². The fourth-order valence-corrected chi connectivity index (χ4v) is 3.89. The van der Waals surface area contributed by atoms with Gasteiger partial charge in [0.2, 0.25) is 11.2 Å². The molecule has 10 heteroatoms. The summed E-state index contributed by atoms with van der Waals surface area (Å²) in [7, 11) is 0. The van der Waals surface area contributed by atoms with Crippen LogP contribution >= 0.6 is 38.5 Å². The largest absolute Gasteiger partial charge is 0.453 e. The molecule has 0 radical (unpaired) electrons. The second-order valence-corrected chi connectivity index (χ2v) is 9.51. The first-order valence-corrected chi connectivity index (χ1v) is 12.1. The third-order valence-electron chi connectivity index (χ3n) is 4.99. The van der Waals surface area contributed by atoms with E-state index in [0.717, 1.165) is 14.1 Å². The number of benzene rings is 3. The highest BCUT2D eigenvalue weighted by atomic mass is 127. The average molecular weight is 659 g/mol. The van der Waals surface area contributed by atoms with Crippen LogP contribution < -0.4 is 14.9 Å². The molecule has 0 unspecified atom stereocenters. The monoisotopic (exact) mass is 658 g/mol. The predicted octanol–water partition coefficient (Wildman–Crippen LogP) is 7.75. The molecule has 0 fully saturated rings. The number of aryl methyl sites for hydroxylation is 1. The third-order valence-corrected chi connectivity index (χ3v) is 6.23. The molecule has 4 aromatic rings. The summed E-state index contributed by atoms with van der Waals surface area (Å²) in [6.07, 6.45) is -4.67. The van der Waals surface area contributed by atoms with Crippen LogP contribution in [0.2, 0.25) is 0 Å². The van der Waals surface area contributed by atoms with Gasteiger partial charge in [-0.05, 0) is 89.2 Å². The molecule has 0 atom stereocenters. The number of alkyl halides is 3. The highest BCUT2D eigenvalue weighted by molar-refractivity contribution is 14.1. The average Bonchev–Trinajstić information content (AvgIpc) is 2.81. The lowest BCUT2D eigenvalue weighted by Crippen LogP contribution is -2.16. The Labute approximate surface area is 219 Å². The number of rotatable bonds is 5. The van der Waals surface area contributed by atoms with Crippen molar-refractivity contribution in [2.75, 3.05) is 0 Å². The van der Waals surface area contributed by atoms with E-state index in [1.54, 1.807) is 31.2 Å². The zero-order valence-corrected chi connectivity index (χ0v) is 21.7. The molecule has 0 bridgehead atoms. The van der Waals surface area contributed by atoms with Crippen molar-refractivity contribution < 1.29 is 31.9 Å². The zero-order chi connectivity index (χ0) is 25.3. The van der Waals surface area contributed by atoms with Crippen molar-refractivity contribution in [2.45, 2.75) is 19.5 Å². The molecule has 0 amide bonds. The van der Waals surface area contributed by atoms with Gasteiger partial charge in [-0.2, -0.15) is 13.2 Å². The first kappa shape index (κ1) is 25.2. The lowest BCUT2D eigenvalue weighted by molar-refractivity contribution is -0.154. The Balaban J connectivity index is 1.82. The van der Waals surface area contributed by atoms with E-state index in [4.69, 9.17) is 13.9 Å². The summed E-state index contributed by atoms with van der Waals surface area (Å²) in [5.74, 6) is -3.20. The first-order valence-electron chi connectivity index (χ1n) is 10.2. The SMILES string of the molecule is CCc1cc2c(=O)c(Oc3ccc(I)cc3)c(C(F)(F)F)oc2cc1OC(=O)c1ccc(Br)cc1. The Morgan fingerprint density at radius 1 is 1.06 bits per heavy atom. The molecular weight excluding hydrogens is 644 g/mol. The molecule has 1 heterocycles. The van der Waals surface area contributed by atoms with Crippen LogP contribution in [0.25, 0.3) is 11.0 Å². The van der Waals surface area contributed by atoms with Gasteiger partial charge in [-0.3, -0.25) is 4.79 Å². The first-order chi connectivity index (χ1) is 16.6. The summed E-state index contributed by atoms with van der Waals surface area (Å²) in [4.78, 5) is 25.7. The predicted molar refractivity (Wildman–Crippen MR) is 135 cm³/mol. The summed E-state index contributed by atoms with van der Waals surface area (Å²) in [5, 5.41) is -0.126. The number of esters is 1. The van der Waals surface area contributed by atoms with E-state index < -0.39 is 29.1 Å². The summed E-state index contributed by atoms with van der Waals surface area (Å²) in [5.41, 5.74) is -0.685. The van der Waals surface area contributed by atoms with Crippen LogP contribution in [0.4, 0.5) is 13.2 Å². The minimum Gasteiger partial charge on any atom is -0.449 e. The molecule has 0 aliphatic rings. The van der Waals surface area contributed by atoms with Crippen molar-refractivity contribution in [1.82, 2.24) is 0 Å². The summed E-state index contributed by atoms with van der Waals surface area (Å²) < 4.78 is 59.0. The van der Waals surface area contributed by atoms with Crippen LogP contribution in [0.1, 0.15) is 28.6 Å². The standard InChI is InChI=1S/C25H15BrF3IO5/c1-2-13-11-18-20(12-19(13)35-24(32)14-3-5-15(26)6-4-14)34-23(25(27,28)29)22(21(18)31)33-17-9-7-16(30)8-10-17/h3-12H,2H2,1H3. The van der Waals surface area contributed by atoms with E-state index >= 15 is 0 Å². The molecule has 3 aromatic carbocycles. The topological polar surface area (TPSA) is 65.7 Å². The Morgan fingerprint density at radius 2 is 1.71 bits per heavy atom. The van der Waals surface area contributed by atoms with E-state index in [9.17, 15) is 22.8 Å². The van der Waals surface area contributed by atoms with Gasteiger partial charge in [0.1, 0.15) is 17.1 Å². The van der Waals surface area contributed by atoms with E-state index in [-0.39, 0.29) is 28.0 Å². The van der Waals surface area contributed by atoms with Crippen LogP contribution in [-0.2, 0) is 12.6 Å². The number of hydrogen-bond donors (Lipinski definition) is 0. The van der Waals surface area contributed by atoms with Crippen LogP contribution in [0.3, 0.4) is 0 Å². The number of carbonyl (C=O) groups excluding carboxylic acids is 1. The molecule has 0 saturated heterocycles.